The summed E-state index contributed by atoms with van der Waals surface area (Å²) in [5.41, 5.74) is 1.37. The molecule has 0 radical (unpaired) electrons. The van der Waals surface area contributed by atoms with Crippen LogP contribution in [0.25, 0.3) is 11.3 Å². The topological polar surface area (TPSA) is 80.0 Å². The number of hydrogen-bond acceptors (Lipinski definition) is 5. The Morgan fingerprint density at radius 2 is 1.73 bits per heavy atom. The van der Waals surface area contributed by atoms with Crippen LogP contribution in [0.1, 0.15) is 0 Å². The maximum atomic E-state index is 11.8. The lowest BCUT2D eigenvalue weighted by Gasteiger charge is -2.01. The van der Waals surface area contributed by atoms with Crippen molar-refractivity contribution in [3.63, 3.8) is 0 Å². The molecule has 0 saturated heterocycles. The maximum Gasteiger partial charge on any atom is 0.385 e. The Labute approximate surface area is 126 Å². The van der Waals surface area contributed by atoms with Gasteiger partial charge in [0.2, 0.25) is 0 Å². The van der Waals surface area contributed by atoms with Crippen molar-refractivity contribution >= 4 is 11.4 Å². The van der Waals surface area contributed by atoms with Crippen LogP contribution < -0.4 is 10.4 Å². The third kappa shape index (κ3) is 2.67. The Hall–Kier alpha value is -3.15. The third-order valence-electron chi connectivity index (χ3n) is 3.08. The number of azo groups is 1. The van der Waals surface area contributed by atoms with Crippen molar-refractivity contribution in [1.82, 2.24) is 5.16 Å². The van der Waals surface area contributed by atoms with Gasteiger partial charge in [-0.3, -0.25) is 0 Å². The number of H-pyrrole nitrogens is 1. The van der Waals surface area contributed by atoms with E-state index in [9.17, 15) is 4.79 Å². The fourth-order valence-electron chi connectivity index (χ4n) is 2.00. The van der Waals surface area contributed by atoms with Gasteiger partial charge in [0.1, 0.15) is 17.1 Å². The molecule has 0 bridgehead atoms. The van der Waals surface area contributed by atoms with Crippen LogP contribution in [0.5, 0.6) is 5.75 Å². The van der Waals surface area contributed by atoms with Crippen molar-refractivity contribution in [2.75, 3.05) is 7.11 Å². The second-order valence-corrected chi connectivity index (χ2v) is 4.45. The molecule has 2 aromatic carbocycles. The van der Waals surface area contributed by atoms with Gasteiger partial charge in [-0.1, -0.05) is 42.5 Å². The van der Waals surface area contributed by atoms with Crippen LogP contribution >= 0.6 is 0 Å². The number of methoxy groups -OCH3 is 1. The summed E-state index contributed by atoms with van der Waals surface area (Å²) in [6, 6.07) is 16.5. The van der Waals surface area contributed by atoms with Crippen molar-refractivity contribution in [3.05, 3.63) is 65.0 Å². The summed E-state index contributed by atoms with van der Waals surface area (Å²) in [5.74, 6) is 0.576. The van der Waals surface area contributed by atoms with Crippen LogP contribution in [0.3, 0.4) is 0 Å². The van der Waals surface area contributed by atoms with Gasteiger partial charge in [0.25, 0.3) is 0 Å². The van der Waals surface area contributed by atoms with E-state index >= 15 is 0 Å². The number of para-hydroxylation sites is 1. The van der Waals surface area contributed by atoms with E-state index in [1.165, 1.54) is 0 Å². The van der Waals surface area contributed by atoms with Crippen molar-refractivity contribution < 1.29 is 9.26 Å². The monoisotopic (exact) mass is 295 g/mol. The van der Waals surface area contributed by atoms with Gasteiger partial charge < -0.3 is 9.26 Å². The van der Waals surface area contributed by atoms with E-state index in [0.29, 0.717) is 17.1 Å². The van der Waals surface area contributed by atoms with Crippen molar-refractivity contribution in [3.8, 4) is 17.0 Å². The Kier molecular flexibility index (Phi) is 3.82. The number of aromatic amines is 1. The van der Waals surface area contributed by atoms with E-state index < -0.39 is 5.63 Å². The minimum Gasteiger partial charge on any atom is -0.494 e. The predicted molar refractivity (Wildman–Crippen MR) is 81.9 cm³/mol. The minimum atomic E-state index is -0.572. The number of hydrogen-bond donors (Lipinski definition) is 1. The van der Waals surface area contributed by atoms with Crippen molar-refractivity contribution in [1.29, 1.82) is 0 Å². The summed E-state index contributed by atoms with van der Waals surface area (Å²) in [6.45, 7) is 0. The molecule has 0 aliphatic carbocycles. The molecule has 0 spiro atoms. The summed E-state index contributed by atoms with van der Waals surface area (Å²) >= 11 is 0. The Morgan fingerprint density at radius 1 is 1.00 bits per heavy atom. The number of rotatable bonds is 4. The van der Waals surface area contributed by atoms with E-state index in [0.717, 1.165) is 5.56 Å². The molecule has 0 atom stereocenters. The predicted octanol–water partition coefficient (Wildman–Crippen LogP) is 4.06. The minimum absolute atomic E-state index is 0.122. The lowest BCUT2D eigenvalue weighted by atomic mass is 10.1. The highest BCUT2D eigenvalue weighted by Gasteiger charge is 2.13. The van der Waals surface area contributed by atoms with E-state index in [4.69, 9.17) is 9.26 Å². The van der Waals surface area contributed by atoms with Gasteiger partial charge in [0, 0.05) is 5.56 Å². The van der Waals surface area contributed by atoms with E-state index in [1.807, 2.05) is 42.5 Å². The summed E-state index contributed by atoms with van der Waals surface area (Å²) in [7, 11) is 1.55. The van der Waals surface area contributed by atoms with Gasteiger partial charge in [-0.15, -0.1) is 10.2 Å². The molecule has 0 aliphatic rings. The average Bonchev–Trinajstić information content (AvgIpc) is 2.95. The number of nitrogens with one attached hydrogen (secondary N) is 1. The molecular weight excluding hydrogens is 282 g/mol. The molecule has 110 valence electrons. The van der Waals surface area contributed by atoms with Crippen LogP contribution in [-0.2, 0) is 0 Å². The second kappa shape index (κ2) is 6.09. The molecule has 0 unspecified atom stereocenters. The zero-order valence-corrected chi connectivity index (χ0v) is 11.8. The summed E-state index contributed by atoms with van der Waals surface area (Å²) in [6.07, 6.45) is 0. The lowest BCUT2D eigenvalue weighted by Crippen LogP contribution is -1.90. The zero-order valence-electron chi connectivity index (χ0n) is 11.8. The molecule has 0 saturated carbocycles. The molecule has 3 rings (SSSR count). The largest absolute Gasteiger partial charge is 0.494 e. The first-order valence-electron chi connectivity index (χ1n) is 6.61. The third-order valence-corrected chi connectivity index (χ3v) is 3.08. The van der Waals surface area contributed by atoms with Crippen LogP contribution in [0.15, 0.2) is 74.1 Å². The van der Waals surface area contributed by atoms with Crippen molar-refractivity contribution in [2.45, 2.75) is 0 Å². The molecule has 6 nitrogen and oxygen atoms in total. The molecule has 0 fully saturated rings. The molecule has 1 N–H and O–H groups in total. The quantitative estimate of drug-likeness (QED) is 0.737. The first-order valence-corrected chi connectivity index (χ1v) is 6.61. The Balaban J connectivity index is 2.01. The van der Waals surface area contributed by atoms with Crippen LogP contribution in [-0.4, -0.2) is 12.3 Å². The van der Waals surface area contributed by atoms with Gasteiger partial charge >= 0.3 is 5.63 Å². The molecule has 0 aliphatic heterocycles. The normalized spacial score (nSPS) is 11.0. The maximum absolute atomic E-state index is 11.8. The number of ether oxygens (including phenoxy) is 1. The van der Waals surface area contributed by atoms with Gasteiger partial charge in [0.15, 0.2) is 5.69 Å². The van der Waals surface area contributed by atoms with E-state index in [1.54, 1.807) is 19.2 Å². The van der Waals surface area contributed by atoms with Crippen LogP contribution in [0.4, 0.5) is 11.4 Å². The zero-order chi connectivity index (χ0) is 15.4. The van der Waals surface area contributed by atoms with E-state index in [-0.39, 0.29) is 5.69 Å². The Morgan fingerprint density at radius 3 is 2.50 bits per heavy atom. The molecule has 1 aromatic heterocycles. The highest BCUT2D eigenvalue weighted by Crippen LogP contribution is 2.30. The van der Waals surface area contributed by atoms with Crippen LogP contribution in [0.2, 0.25) is 0 Å². The molecule has 3 aromatic rings. The molecular formula is C16H13N3O3. The first-order chi connectivity index (χ1) is 10.8. The fraction of sp³-hybridized carbons (Fsp3) is 0.0625. The fourth-order valence-corrected chi connectivity index (χ4v) is 2.00. The highest BCUT2D eigenvalue weighted by molar-refractivity contribution is 5.70. The van der Waals surface area contributed by atoms with E-state index in [2.05, 4.69) is 15.4 Å². The van der Waals surface area contributed by atoms with Gasteiger partial charge in [-0.25, -0.2) is 9.95 Å². The highest BCUT2D eigenvalue weighted by atomic mass is 16.5. The average molecular weight is 295 g/mol. The van der Waals surface area contributed by atoms with Gasteiger partial charge in [0.05, 0.1) is 7.11 Å². The smallest absolute Gasteiger partial charge is 0.385 e. The summed E-state index contributed by atoms with van der Waals surface area (Å²) < 4.78 is 10.0. The van der Waals surface area contributed by atoms with Gasteiger partial charge in [-0.05, 0) is 12.1 Å². The van der Waals surface area contributed by atoms with Crippen molar-refractivity contribution in [2.24, 2.45) is 10.2 Å². The number of benzene rings is 2. The first kappa shape index (κ1) is 13.8. The molecule has 22 heavy (non-hydrogen) atoms. The number of aromatic nitrogens is 1. The standard InChI is InChI=1S/C16H13N3O3/c1-21-13-10-6-5-9-12(13)17-18-15-14(19-22-16(15)20)11-7-3-2-4-8-11/h2-10,19H,1H3. The Bertz CT molecular complexity index is 850. The summed E-state index contributed by atoms with van der Waals surface area (Å²) in [4.78, 5) is 11.8. The summed E-state index contributed by atoms with van der Waals surface area (Å²) in [5, 5.41) is 10.7. The SMILES string of the molecule is COc1ccccc1N=Nc1c(-c2ccccc2)[nH]oc1=O. The molecule has 1 heterocycles. The lowest BCUT2D eigenvalue weighted by molar-refractivity contribution is 0.394. The van der Waals surface area contributed by atoms with Crippen LogP contribution in [0, 0.1) is 0 Å². The molecule has 0 amide bonds. The van der Waals surface area contributed by atoms with Gasteiger partial charge in [-0.2, -0.15) is 0 Å². The molecule has 6 heteroatoms. The second-order valence-electron chi connectivity index (χ2n) is 4.45. The number of nitrogens with zero attached hydrogens (tertiary/aromatic N) is 2.